The van der Waals surface area contributed by atoms with Crippen molar-refractivity contribution in [3.05, 3.63) is 36.2 Å². The van der Waals surface area contributed by atoms with Crippen molar-refractivity contribution < 1.29 is 23.0 Å². The fourth-order valence-corrected chi connectivity index (χ4v) is 2.14. The smallest absolute Gasteiger partial charge is 0.432 e. The lowest BCUT2D eigenvalue weighted by molar-refractivity contribution is -0.140. The molecule has 8 heteroatoms. The number of ether oxygens (including phenoxy) is 1. The van der Waals surface area contributed by atoms with Gasteiger partial charge in [0.15, 0.2) is 0 Å². The van der Waals surface area contributed by atoms with Crippen LogP contribution in [0.25, 0.3) is 11.4 Å². The number of aromatic amines is 1. The van der Waals surface area contributed by atoms with E-state index in [1.165, 1.54) is 0 Å². The molecule has 25 heavy (non-hydrogen) atoms. The number of hydrogen-bond donors (Lipinski definition) is 3. The minimum absolute atomic E-state index is 0.136. The average molecular weight is 357 g/mol. The molecule has 2 rings (SSSR count). The maximum Gasteiger partial charge on any atom is 0.432 e. The molecule has 0 spiro atoms. The van der Waals surface area contributed by atoms with Crippen LogP contribution in [0.3, 0.4) is 0 Å². The Morgan fingerprint density at radius 3 is 2.60 bits per heavy atom. The molecule has 1 aromatic carbocycles. The molecule has 0 radical (unpaired) electrons. The molecule has 1 heterocycles. The van der Waals surface area contributed by atoms with Crippen molar-refractivity contribution in [1.29, 1.82) is 0 Å². The summed E-state index contributed by atoms with van der Waals surface area (Å²) in [4.78, 5) is 5.99. The molecule has 138 valence electrons. The second-order valence-corrected chi connectivity index (χ2v) is 5.69. The Kier molecular flexibility index (Phi) is 6.83. The van der Waals surface area contributed by atoms with Crippen molar-refractivity contribution in [3.63, 3.8) is 0 Å². The molecule has 3 N–H and O–H groups in total. The van der Waals surface area contributed by atoms with Crippen LogP contribution in [-0.2, 0) is 6.18 Å². The summed E-state index contributed by atoms with van der Waals surface area (Å²) in [5.74, 6) is 0.665. The second-order valence-electron chi connectivity index (χ2n) is 5.69. The summed E-state index contributed by atoms with van der Waals surface area (Å²) < 4.78 is 43.2. The first kappa shape index (κ1) is 19.3. The third-order valence-corrected chi connectivity index (χ3v) is 3.54. The first-order valence-electron chi connectivity index (χ1n) is 8.14. The van der Waals surface area contributed by atoms with Crippen molar-refractivity contribution in [3.8, 4) is 17.1 Å². The zero-order valence-electron chi connectivity index (χ0n) is 13.9. The van der Waals surface area contributed by atoms with E-state index in [0.717, 1.165) is 25.6 Å². The number of benzene rings is 1. The Morgan fingerprint density at radius 1 is 1.28 bits per heavy atom. The van der Waals surface area contributed by atoms with E-state index >= 15 is 0 Å². The van der Waals surface area contributed by atoms with Crippen molar-refractivity contribution in [2.75, 3.05) is 19.7 Å². The van der Waals surface area contributed by atoms with E-state index in [2.05, 4.69) is 22.2 Å². The highest BCUT2D eigenvalue weighted by Crippen LogP contribution is 2.29. The molecular weight excluding hydrogens is 335 g/mol. The molecular formula is C17H22F3N3O2. The molecule has 0 amide bonds. The third-order valence-electron chi connectivity index (χ3n) is 3.54. The lowest BCUT2D eigenvalue weighted by Gasteiger charge is -2.13. The Bertz CT molecular complexity index is 641. The predicted octanol–water partition coefficient (Wildman–Crippen LogP) is 3.22. The number of alkyl halides is 3. The molecule has 0 saturated heterocycles. The Labute approximate surface area is 144 Å². The maximum atomic E-state index is 12.6. The molecule has 0 saturated carbocycles. The van der Waals surface area contributed by atoms with Crippen LogP contribution in [0.4, 0.5) is 13.2 Å². The molecule has 1 unspecified atom stereocenters. The molecule has 0 bridgehead atoms. The number of rotatable bonds is 9. The highest BCUT2D eigenvalue weighted by Gasteiger charge is 2.33. The lowest BCUT2D eigenvalue weighted by atomic mass is 10.2. The number of imidazole rings is 1. The van der Waals surface area contributed by atoms with Gasteiger partial charge in [0, 0.05) is 12.1 Å². The average Bonchev–Trinajstić information content (AvgIpc) is 3.08. The van der Waals surface area contributed by atoms with Crippen LogP contribution in [-0.4, -0.2) is 40.9 Å². The summed E-state index contributed by atoms with van der Waals surface area (Å²) in [5, 5.41) is 12.9. The summed E-state index contributed by atoms with van der Waals surface area (Å²) in [6, 6.07) is 6.48. The summed E-state index contributed by atoms with van der Waals surface area (Å²) >= 11 is 0. The number of halogens is 3. The van der Waals surface area contributed by atoms with E-state index in [-0.39, 0.29) is 12.4 Å². The molecule has 0 aliphatic carbocycles. The van der Waals surface area contributed by atoms with E-state index in [1.54, 1.807) is 24.3 Å². The predicted molar refractivity (Wildman–Crippen MR) is 88.3 cm³/mol. The van der Waals surface area contributed by atoms with E-state index in [4.69, 9.17) is 4.74 Å². The van der Waals surface area contributed by atoms with Crippen LogP contribution in [0.15, 0.2) is 30.5 Å². The number of nitrogens with zero attached hydrogens (tertiary/aromatic N) is 1. The first-order chi connectivity index (χ1) is 11.9. The highest BCUT2D eigenvalue weighted by atomic mass is 19.4. The van der Waals surface area contributed by atoms with Gasteiger partial charge in [0.2, 0.25) is 0 Å². The van der Waals surface area contributed by atoms with Crippen LogP contribution in [0, 0.1) is 0 Å². The number of aromatic nitrogens is 2. The van der Waals surface area contributed by atoms with Gasteiger partial charge in [0.25, 0.3) is 0 Å². The van der Waals surface area contributed by atoms with Gasteiger partial charge in [-0.15, -0.1) is 0 Å². The molecule has 0 fully saturated rings. The summed E-state index contributed by atoms with van der Waals surface area (Å²) in [6.45, 7) is 3.53. The molecule has 1 atom stereocenters. The van der Waals surface area contributed by atoms with Crippen molar-refractivity contribution in [2.45, 2.75) is 32.0 Å². The van der Waals surface area contributed by atoms with Crippen LogP contribution in [0.5, 0.6) is 5.75 Å². The molecule has 1 aromatic heterocycles. The highest BCUT2D eigenvalue weighted by molar-refractivity contribution is 5.56. The van der Waals surface area contributed by atoms with Crippen molar-refractivity contribution in [1.82, 2.24) is 15.3 Å². The number of unbranched alkanes of at least 4 members (excludes halogenated alkanes) is 1. The van der Waals surface area contributed by atoms with Crippen LogP contribution < -0.4 is 10.1 Å². The summed E-state index contributed by atoms with van der Waals surface area (Å²) in [6.07, 6.45) is -2.17. The van der Waals surface area contributed by atoms with E-state index in [1.807, 2.05) is 0 Å². The van der Waals surface area contributed by atoms with Gasteiger partial charge >= 0.3 is 6.18 Å². The number of nitrogens with one attached hydrogen (secondary N) is 2. The Balaban J connectivity index is 1.84. The van der Waals surface area contributed by atoms with Crippen LogP contribution in [0.1, 0.15) is 25.5 Å². The van der Waals surface area contributed by atoms with Gasteiger partial charge in [-0.1, -0.05) is 13.3 Å². The largest absolute Gasteiger partial charge is 0.491 e. The summed E-state index contributed by atoms with van der Waals surface area (Å²) in [5.41, 5.74) is -0.369. The van der Waals surface area contributed by atoms with E-state index in [9.17, 15) is 18.3 Å². The zero-order valence-corrected chi connectivity index (χ0v) is 13.9. The monoisotopic (exact) mass is 357 g/mol. The number of H-pyrrole nitrogens is 1. The first-order valence-corrected chi connectivity index (χ1v) is 8.14. The van der Waals surface area contributed by atoms with Gasteiger partial charge in [0.05, 0.1) is 6.20 Å². The van der Waals surface area contributed by atoms with Gasteiger partial charge in [-0.3, -0.25) is 0 Å². The van der Waals surface area contributed by atoms with Gasteiger partial charge in [0.1, 0.15) is 30.0 Å². The number of aliphatic hydroxyl groups excluding tert-OH is 1. The molecule has 2 aromatic rings. The van der Waals surface area contributed by atoms with Crippen molar-refractivity contribution >= 4 is 0 Å². The van der Waals surface area contributed by atoms with Crippen LogP contribution >= 0.6 is 0 Å². The fraction of sp³-hybridized carbons (Fsp3) is 0.471. The topological polar surface area (TPSA) is 70.2 Å². The zero-order chi connectivity index (χ0) is 18.3. The van der Waals surface area contributed by atoms with Gasteiger partial charge in [-0.05, 0) is 37.2 Å². The van der Waals surface area contributed by atoms with E-state index in [0.29, 0.717) is 17.9 Å². The molecule has 5 nitrogen and oxygen atoms in total. The summed E-state index contributed by atoms with van der Waals surface area (Å²) in [7, 11) is 0. The minimum atomic E-state index is -4.45. The van der Waals surface area contributed by atoms with Gasteiger partial charge in [-0.2, -0.15) is 13.2 Å². The molecule has 0 aliphatic heterocycles. The van der Waals surface area contributed by atoms with Crippen LogP contribution in [0.2, 0.25) is 0 Å². The van der Waals surface area contributed by atoms with Crippen molar-refractivity contribution in [2.24, 2.45) is 0 Å². The Morgan fingerprint density at radius 2 is 2.00 bits per heavy atom. The normalized spacial score (nSPS) is 13.0. The molecule has 0 aliphatic rings. The third kappa shape index (κ3) is 6.06. The Hall–Kier alpha value is -2.06. The number of hydrogen-bond acceptors (Lipinski definition) is 4. The maximum absolute atomic E-state index is 12.6. The fourth-order valence-electron chi connectivity index (χ4n) is 2.14. The number of aliphatic hydroxyl groups is 1. The van der Waals surface area contributed by atoms with E-state index < -0.39 is 18.0 Å². The minimum Gasteiger partial charge on any atom is -0.491 e. The standard InChI is InChI=1S/C17H22F3N3O2/c1-2-3-8-21-9-13(24)11-25-14-6-4-12(5-7-14)16-22-10-15(23-16)17(18,19)20/h4-7,10,13,21,24H,2-3,8-9,11H2,1H3,(H,22,23). The SMILES string of the molecule is CCCCNCC(O)COc1ccc(-c2ncc(C(F)(F)F)[nH]2)cc1. The van der Waals surface area contributed by atoms with Gasteiger partial charge < -0.3 is 20.1 Å². The van der Waals surface area contributed by atoms with Gasteiger partial charge in [-0.25, -0.2) is 4.98 Å². The second kappa shape index (κ2) is 8.87. The quantitative estimate of drug-likeness (QED) is 0.603. The lowest BCUT2D eigenvalue weighted by Crippen LogP contribution is -2.31.